The van der Waals surface area contributed by atoms with Gasteiger partial charge in [0.2, 0.25) is 10.0 Å². The van der Waals surface area contributed by atoms with E-state index >= 15 is 0 Å². The van der Waals surface area contributed by atoms with Gasteiger partial charge < -0.3 is 5.32 Å². The van der Waals surface area contributed by atoms with Crippen LogP contribution < -0.4 is 10.0 Å². The molecular formula is C17H17FN2O3S. The van der Waals surface area contributed by atoms with Crippen molar-refractivity contribution in [2.24, 2.45) is 0 Å². The molecule has 7 heteroatoms. The molecule has 1 fully saturated rings. The summed E-state index contributed by atoms with van der Waals surface area (Å²) in [6, 6.07) is 10.1. The highest BCUT2D eigenvalue weighted by Gasteiger charge is 2.27. The van der Waals surface area contributed by atoms with E-state index in [4.69, 9.17) is 0 Å². The van der Waals surface area contributed by atoms with Crippen molar-refractivity contribution in [3.05, 3.63) is 59.4 Å². The van der Waals surface area contributed by atoms with E-state index in [9.17, 15) is 17.6 Å². The van der Waals surface area contributed by atoms with Crippen molar-refractivity contribution in [2.75, 3.05) is 5.32 Å². The van der Waals surface area contributed by atoms with Gasteiger partial charge in [-0.3, -0.25) is 4.79 Å². The second kappa shape index (κ2) is 6.33. The maximum atomic E-state index is 13.8. The fraction of sp³-hybridized carbons (Fsp3) is 0.235. The van der Waals surface area contributed by atoms with Gasteiger partial charge in [-0.05, 0) is 61.7 Å². The lowest BCUT2D eigenvalue weighted by Gasteiger charge is -2.09. The molecule has 24 heavy (non-hydrogen) atoms. The molecule has 0 saturated heterocycles. The highest BCUT2D eigenvalue weighted by molar-refractivity contribution is 7.89. The zero-order valence-electron chi connectivity index (χ0n) is 13.0. The minimum absolute atomic E-state index is 0.0162. The van der Waals surface area contributed by atoms with E-state index in [1.54, 1.807) is 13.0 Å². The molecule has 0 bridgehead atoms. The third-order valence-corrected chi connectivity index (χ3v) is 5.24. The molecule has 1 amide bonds. The van der Waals surface area contributed by atoms with Crippen molar-refractivity contribution in [3.63, 3.8) is 0 Å². The van der Waals surface area contributed by atoms with Gasteiger partial charge in [-0.2, -0.15) is 0 Å². The number of carbonyl (C=O) groups excluding carboxylic acids is 1. The Kier molecular flexibility index (Phi) is 4.38. The van der Waals surface area contributed by atoms with Gasteiger partial charge in [-0.25, -0.2) is 17.5 Å². The van der Waals surface area contributed by atoms with Crippen molar-refractivity contribution >= 4 is 21.6 Å². The number of hydrogen-bond donors (Lipinski definition) is 2. The molecule has 2 N–H and O–H groups in total. The molecule has 126 valence electrons. The molecule has 0 radical (unpaired) electrons. The minimum Gasteiger partial charge on any atom is -0.319 e. The first-order valence-corrected chi connectivity index (χ1v) is 9.03. The van der Waals surface area contributed by atoms with Crippen LogP contribution in [0.5, 0.6) is 0 Å². The van der Waals surface area contributed by atoms with E-state index in [0.29, 0.717) is 0 Å². The van der Waals surface area contributed by atoms with Gasteiger partial charge >= 0.3 is 0 Å². The lowest BCUT2D eigenvalue weighted by atomic mass is 10.2. The average Bonchev–Trinajstić information content (AvgIpc) is 3.33. The molecule has 0 spiro atoms. The standard InChI is InChI=1S/C17H17FN2O3S/c1-11-2-9-16(15(18)10-11)19-17(21)12-3-7-14(8-4-12)24(22,23)20-13-5-6-13/h2-4,7-10,13,20H,5-6H2,1H3,(H,19,21). The number of amides is 1. The van der Waals surface area contributed by atoms with Crippen LogP contribution >= 0.6 is 0 Å². The van der Waals surface area contributed by atoms with Crippen LogP contribution in [-0.4, -0.2) is 20.4 Å². The molecule has 5 nitrogen and oxygen atoms in total. The highest BCUT2D eigenvalue weighted by Crippen LogP contribution is 2.22. The van der Waals surface area contributed by atoms with Gasteiger partial charge in [0.1, 0.15) is 5.82 Å². The SMILES string of the molecule is Cc1ccc(NC(=O)c2ccc(S(=O)(=O)NC3CC3)cc2)c(F)c1. The van der Waals surface area contributed by atoms with E-state index in [-0.39, 0.29) is 22.2 Å². The van der Waals surface area contributed by atoms with Crippen LogP contribution in [0.25, 0.3) is 0 Å². The number of anilines is 1. The van der Waals surface area contributed by atoms with Crippen molar-refractivity contribution < 1.29 is 17.6 Å². The summed E-state index contributed by atoms with van der Waals surface area (Å²) in [6.45, 7) is 1.75. The highest BCUT2D eigenvalue weighted by atomic mass is 32.2. The van der Waals surface area contributed by atoms with Crippen molar-refractivity contribution in [1.82, 2.24) is 4.72 Å². The number of nitrogens with one attached hydrogen (secondary N) is 2. The summed E-state index contributed by atoms with van der Waals surface area (Å²) in [5.74, 6) is -1.02. The number of aryl methyl sites for hydroxylation is 1. The topological polar surface area (TPSA) is 75.3 Å². The first kappa shape index (κ1) is 16.6. The molecule has 0 unspecified atom stereocenters. The molecule has 0 heterocycles. The number of hydrogen-bond acceptors (Lipinski definition) is 3. The van der Waals surface area contributed by atoms with E-state index in [2.05, 4.69) is 10.0 Å². The van der Waals surface area contributed by atoms with E-state index in [0.717, 1.165) is 18.4 Å². The number of benzene rings is 2. The molecule has 0 aromatic heterocycles. The van der Waals surface area contributed by atoms with Crippen LogP contribution in [-0.2, 0) is 10.0 Å². The van der Waals surface area contributed by atoms with E-state index < -0.39 is 21.7 Å². The second-order valence-corrected chi connectivity index (χ2v) is 7.57. The smallest absolute Gasteiger partial charge is 0.255 e. The fourth-order valence-electron chi connectivity index (χ4n) is 2.19. The molecule has 1 aliphatic carbocycles. The molecule has 2 aromatic carbocycles. The minimum atomic E-state index is -3.55. The van der Waals surface area contributed by atoms with Gasteiger partial charge in [0.15, 0.2) is 0 Å². The van der Waals surface area contributed by atoms with Gasteiger partial charge in [0.25, 0.3) is 5.91 Å². The van der Waals surface area contributed by atoms with E-state index in [1.165, 1.54) is 36.4 Å². The van der Waals surface area contributed by atoms with E-state index in [1.807, 2.05) is 0 Å². The Morgan fingerprint density at radius 3 is 2.38 bits per heavy atom. The number of rotatable bonds is 5. The maximum absolute atomic E-state index is 13.8. The summed E-state index contributed by atoms with van der Waals surface area (Å²) in [7, 11) is -3.55. The Labute approximate surface area is 139 Å². The van der Waals surface area contributed by atoms with Gasteiger partial charge in [-0.15, -0.1) is 0 Å². The molecule has 3 rings (SSSR count). The first-order valence-electron chi connectivity index (χ1n) is 7.55. The van der Waals surface area contributed by atoms with Gasteiger partial charge in [0.05, 0.1) is 10.6 Å². The predicted octanol–water partition coefficient (Wildman–Crippen LogP) is 2.83. The molecule has 0 aliphatic heterocycles. The predicted molar refractivity (Wildman–Crippen MR) is 88.9 cm³/mol. The fourth-order valence-corrected chi connectivity index (χ4v) is 3.50. The van der Waals surface area contributed by atoms with Crippen LogP contribution in [0.1, 0.15) is 28.8 Å². The number of halogens is 1. The summed E-state index contributed by atoms with van der Waals surface area (Å²) in [6.07, 6.45) is 1.70. The quantitative estimate of drug-likeness (QED) is 0.872. The number of sulfonamides is 1. The Balaban J connectivity index is 1.73. The molecule has 2 aromatic rings. The summed E-state index contributed by atoms with van der Waals surface area (Å²) in [5.41, 5.74) is 1.08. The Morgan fingerprint density at radius 1 is 1.12 bits per heavy atom. The van der Waals surface area contributed by atoms with Crippen molar-refractivity contribution in [1.29, 1.82) is 0 Å². The Morgan fingerprint density at radius 2 is 1.79 bits per heavy atom. The van der Waals surface area contributed by atoms with Gasteiger partial charge in [-0.1, -0.05) is 6.07 Å². The zero-order chi connectivity index (χ0) is 17.3. The molecular weight excluding hydrogens is 331 g/mol. The van der Waals surface area contributed by atoms with Crippen LogP contribution in [0, 0.1) is 12.7 Å². The van der Waals surface area contributed by atoms with Crippen LogP contribution in [0.2, 0.25) is 0 Å². The third kappa shape index (κ3) is 3.80. The monoisotopic (exact) mass is 348 g/mol. The average molecular weight is 348 g/mol. The summed E-state index contributed by atoms with van der Waals surface area (Å²) < 4.78 is 40.5. The zero-order valence-corrected chi connectivity index (χ0v) is 13.9. The maximum Gasteiger partial charge on any atom is 0.255 e. The number of carbonyl (C=O) groups is 1. The summed E-state index contributed by atoms with van der Waals surface area (Å²) >= 11 is 0. The molecule has 1 aliphatic rings. The lowest BCUT2D eigenvalue weighted by molar-refractivity contribution is 0.102. The Hall–Kier alpha value is -2.25. The Bertz CT molecular complexity index is 875. The first-order chi connectivity index (χ1) is 11.3. The molecule has 1 saturated carbocycles. The largest absolute Gasteiger partial charge is 0.319 e. The van der Waals surface area contributed by atoms with Crippen LogP contribution in [0.15, 0.2) is 47.4 Å². The van der Waals surface area contributed by atoms with Crippen molar-refractivity contribution in [3.8, 4) is 0 Å². The molecule has 0 atom stereocenters. The lowest BCUT2D eigenvalue weighted by Crippen LogP contribution is -2.25. The van der Waals surface area contributed by atoms with Crippen LogP contribution in [0.4, 0.5) is 10.1 Å². The normalized spacial score (nSPS) is 14.4. The third-order valence-electron chi connectivity index (χ3n) is 3.70. The van der Waals surface area contributed by atoms with Crippen LogP contribution in [0.3, 0.4) is 0 Å². The second-order valence-electron chi connectivity index (χ2n) is 5.86. The van der Waals surface area contributed by atoms with Gasteiger partial charge in [0, 0.05) is 11.6 Å². The summed E-state index contributed by atoms with van der Waals surface area (Å²) in [4.78, 5) is 12.3. The van der Waals surface area contributed by atoms with Crippen molar-refractivity contribution in [2.45, 2.75) is 30.7 Å². The summed E-state index contributed by atoms with van der Waals surface area (Å²) in [5, 5.41) is 2.48.